The van der Waals surface area contributed by atoms with Gasteiger partial charge in [-0.3, -0.25) is 0 Å². The quantitative estimate of drug-likeness (QED) is 0.559. The minimum Gasteiger partial charge on any atom is -0.311 e. The largest absolute Gasteiger partial charge is 0.311 e. The van der Waals surface area contributed by atoms with Crippen LogP contribution in [0.5, 0.6) is 0 Å². The van der Waals surface area contributed by atoms with Gasteiger partial charge >= 0.3 is 0 Å². The first kappa shape index (κ1) is 6.47. The molecule has 62 valence electrons. The molecule has 3 rings (SSSR count). The molecule has 0 aromatic carbocycles. The Hall–Kier alpha value is -0.0400. The first-order chi connectivity index (χ1) is 5.37. The zero-order chi connectivity index (χ0) is 7.36. The smallest absolute Gasteiger partial charge is 0.0239 e. The fourth-order valence-corrected chi connectivity index (χ4v) is 3.58. The van der Waals surface area contributed by atoms with E-state index in [0.717, 1.165) is 5.41 Å². The van der Waals surface area contributed by atoms with Crippen LogP contribution in [0.3, 0.4) is 0 Å². The molecule has 1 saturated heterocycles. The van der Waals surface area contributed by atoms with Crippen molar-refractivity contribution >= 4 is 0 Å². The van der Waals surface area contributed by atoms with Crippen LogP contribution in [0.4, 0.5) is 0 Å². The molecular formula is C10H17N. The summed E-state index contributed by atoms with van der Waals surface area (Å²) in [4.78, 5) is 0. The van der Waals surface area contributed by atoms with E-state index in [1.54, 1.807) is 0 Å². The summed E-state index contributed by atoms with van der Waals surface area (Å²) in [6.07, 6.45) is 10.5. The third-order valence-electron chi connectivity index (χ3n) is 4.39. The molecule has 0 bridgehead atoms. The molecule has 1 heteroatoms. The molecule has 0 atom stereocenters. The minimum atomic E-state index is 0.670. The lowest BCUT2D eigenvalue weighted by atomic mass is 9.77. The Bertz CT molecular complexity index is 170. The fourth-order valence-electron chi connectivity index (χ4n) is 3.58. The minimum absolute atomic E-state index is 0.670. The second-order valence-corrected chi connectivity index (χ2v) is 4.75. The molecule has 0 radical (unpaired) electrons. The first-order valence-corrected chi connectivity index (χ1v) is 5.12. The van der Waals surface area contributed by atoms with E-state index in [0.29, 0.717) is 5.54 Å². The Morgan fingerprint density at radius 2 is 1.55 bits per heavy atom. The van der Waals surface area contributed by atoms with Crippen molar-refractivity contribution < 1.29 is 0 Å². The zero-order valence-corrected chi connectivity index (χ0v) is 7.16. The van der Waals surface area contributed by atoms with Crippen LogP contribution < -0.4 is 5.32 Å². The van der Waals surface area contributed by atoms with Crippen molar-refractivity contribution in [3.05, 3.63) is 0 Å². The van der Waals surface area contributed by atoms with E-state index in [9.17, 15) is 0 Å². The molecule has 1 nitrogen and oxygen atoms in total. The van der Waals surface area contributed by atoms with Gasteiger partial charge in [-0.15, -0.1) is 0 Å². The van der Waals surface area contributed by atoms with Gasteiger partial charge in [0.15, 0.2) is 0 Å². The van der Waals surface area contributed by atoms with Gasteiger partial charge in [-0.2, -0.15) is 0 Å². The maximum absolute atomic E-state index is 3.74. The summed E-state index contributed by atoms with van der Waals surface area (Å²) in [7, 11) is 0. The summed E-state index contributed by atoms with van der Waals surface area (Å²) in [6, 6.07) is 0. The highest BCUT2D eigenvalue weighted by Gasteiger charge is 2.61. The number of fused-ring (bicyclic) bond motifs is 1. The van der Waals surface area contributed by atoms with E-state index in [1.807, 2.05) is 0 Å². The van der Waals surface area contributed by atoms with Crippen molar-refractivity contribution in [2.24, 2.45) is 5.41 Å². The van der Waals surface area contributed by atoms with Crippen molar-refractivity contribution in [3.8, 4) is 0 Å². The second-order valence-electron chi connectivity index (χ2n) is 4.75. The van der Waals surface area contributed by atoms with Crippen LogP contribution in [0.15, 0.2) is 0 Å². The molecule has 2 spiro atoms. The molecule has 11 heavy (non-hydrogen) atoms. The summed E-state index contributed by atoms with van der Waals surface area (Å²) in [5, 5.41) is 3.74. The number of hydrogen-bond acceptors (Lipinski definition) is 1. The average Bonchev–Trinajstić information content (AvgIpc) is 2.55. The van der Waals surface area contributed by atoms with E-state index in [4.69, 9.17) is 0 Å². The van der Waals surface area contributed by atoms with E-state index in [2.05, 4.69) is 5.32 Å². The third kappa shape index (κ3) is 0.658. The highest BCUT2D eigenvalue weighted by atomic mass is 15.1. The van der Waals surface area contributed by atoms with E-state index >= 15 is 0 Å². The van der Waals surface area contributed by atoms with Gasteiger partial charge in [-0.1, -0.05) is 12.8 Å². The lowest BCUT2D eigenvalue weighted by Crippen LogP contribution is -2.37. The maximum atomic E-state index is 3.74. The first-order valence-electron chi connectivity index (χ1n) is 5.12. The monoisotopic (exact) mass is 151 g/mol. The van der Waals surface area contributed by atoms with Crippen LogP contribution >= 0.6 is 0 Å². The molecular weight excluding hydrogens is 134 g/mol. The molecule has 1 N–H and O–H groups in total. The fraction of sp³-hybridized carbons (Fsp3) is 1.00. The van der Waals surface area contributed by atoms with Crippen molar-refractivity contribution in [2.45, 2.75) is 50.5 Å². The zero-order valence-electron chi connectivity index (χ0n) is 7.16. The van der Waals surface area contributed by atoms with E-state index in [-0.39, 0.29) is 0 Å². The van der Waals surface area contributed by atoms with Gasteiger partial charge in [0.1, 0.15) is 0 Å². The van der Waals surface area contributed by atoms with Gasteiger partial charge in [0.2, 0.25) is 0 Å². The molecule has 1 aliphatic heterocycles. The lowest BCUT2D eigenvalue weighted by Gasteiger charge is -2.30. The molecule has 3 fully saturated rings. The molecule has 1 heterocycles. The summed E-state index contributed by atoms with van der Waals surface area (Å²) in [5.41, 5.74) is 1.45. The van der Waals surface area contributed by atoms with Crippen LogP contribution in [0.25, 0.3) is 0 Å². The Morgan fingerprint density at radius 3 is 2.18 bits per heavy atom. The summed E-state index contributed by atoms with van der Waals surface area (Å²) in [5.74, 6) is 0. The van der Waals surface area contributed by atoms with E-state index < -0.39 is 0 Å². The average molecular weight is 151 g/mol. The van der Waals surface area contributed by atoms with Crippen LogP contribution in [0.2, 0.25) is 0 Å². The SMILES string of the molecule is C1CCC2(C1)CCNC21CC1. The van der Waals surface area contributed by atoms with Crippen LogP contribution in [-0.4, -0.2) is 12.1 Å². The van der Waals surface area contributed by atoms with Gasteiger partial charge in [-0.05, 0) is 44.1 Å². The molecule has 2 aliphatic carbocycles. The van der Waals surface area contributed by atoms with E-state index in [1.165, 1.54) is 51.5 Å². The van der Waals surface area contributed by atoms with Gasteiger partial charge in [-0.25, -0.2) is 0 Å². The summed E-state index contributed by atoms with van der Waals surface area (Å²) >= 11 is 0. The molecule has 3 aliphatic rings. The highest BCUT2D eigenvalue weighted by Crippen LogP contribution is 2.62. The number of nitrogens with one attached hydrogen (secondary N) is 1. The van der Waals surface area contributed by atoms with Gasteiger partial charge in [0, 0.05) is 5.54 Å². The molecule has 2 saturated carbocycles. The van der Waals surface area contributed by atoms with Gasteiger partial charge in [0.05, 0.1) is 0 Å². The predicted octanol–water partition coefficient (Wildman–Crippen LogP) is 2.07. The molecule has 0 aromatic heterocycles. The summed E-state index contributed by atoms with van der Waals surface area (Å²) in [6.45, 7) is 1.31. The van der Waals surface area contributed by atoms with Crippen molar-refractivity contribution in [2.75, 3.05) is 6.54 Å². The maximum Gasteiger partial charge on any atom is 0.0239 e. The van der Waals surface area contributed by atoms with Crippen molar-refractivity contribution in [1.82, 2.24) is 5.32 Å². The van der Waals surface area contributed by atoms with Crippen LogP contribution in [0, 0.1) is 5.41 Å². The Labute approximate surface area is 68.6 Å². The standard InChI is InChI=1S/C10H17N/c1-2-4-9(3-1)7-8-11-10(9)5-6-10/h11H,1-8H2. The van der Waals surface area contributed by atoms with Crippen molar-refractivity contribution in [3.63, 3.8) is 0 Å². The lowest BCUT2D eigenvalue weighted by molar-refractivity contribution is 0.238. The van der Waals surface area contributed by atoms with Crippen LogP contribution in [-0.2, 0) is 0 Å². The van der Waals surface area contributed by atoms with Crippen molar-refractivity contribution in [1.29, 1.82) is 0 Å². The summed E-state index contributed by atoms with van der Waals surface area (Å²) < 4.78 is 0. The van der Waals surface area contributed by atoms with Gasteiger partial charge < -0.3 is 5.32 Å². The normalized spacial score (nSPS) is 37.1. The highest BCUT2D eigenvalue weighted by molar-refractivity contribution is 5.19. The molecule has 0 amide bonds. The second kappa shape index (κ2) is 1.82. The Balaban J connectivity index is 1.94. The number of rotatable bonds is 0. The third-order valence-corrected chi connectivity index (χ3v) is 4.39. The van der Waals surface area contributed by atoms with Crippen LogP contribution in [0.1, 0.15) is 44.9 Å². The molecule has 0 aromatic rings. The van der Waals surface area contributed by atoms with Gasteiger partial charge in [0.25, 0.3) is 0 Å². The predicted molar refractivity (Wildman–Crippen MR) is 45.5 cm³/mol. The Kier molecular flexibility index (Phi) is 1.07. The molecule has 0 unspecified atom stereocenters. The Morgan fingerprint density at radius 1 is 0.818 bits per heavy atom. The topological polar surface area (TPSA) is 12.0 Å². The number of hydrogen-bond donors (Lipinski definition) is 1.